The van der Waals surface area contributed by atoms with Crippen molar-refractivity contribution in [1.82, 2.24) is 10.3 Å². The molecule has 0 aliphatic carbocycles. The zero-order valence-electron chi connectivity index (χ0n) is 11.7. The first-order valence-electron chi connectivity index (χ1n) is 6.90. The van der Waals surface area contributed by atoms with Gasteiger partial charge in [0, 0.05) is 22.5 Å². The fraction of sp³-hybridized carbons (Fsp3) is 0.188. The summed E-state index contributed by atoms with van der Waals surface area (Å²) in [5.74, 6) is -0.362. The number of hydrogen-bond donors (Lipinski definition) is 1. The Kier molecular flexibility index (Phi) is 4.49. The van der Waals surface area contributed by atoms with E-state index < -0.39 is 6.04 Å². The Morgan fingerprint density at radius 3 is 2.50 bits per heavy atom. The van der Waals surface area contributed by atoms with Gasteiger partial charge >= 0.3 is 0 Å². The highest BCUT2D eigenvalue weighted by Crippen LogP contribution is 2.23. The number of hydrogen-bond acceptors (Lipinski definition) is 4. The van der Waals surface area contributed by atoms with Gasteiger partial charge in [0.2, 0.25) is 5.91 Å². The second kappa shape index (κ2) is 6.53. The van der Waals surface area contributed by atoms with Crippen molar-refractivity contribution in [2.45, 2.75) is 19.0 Å². The van der Waals surface area contributed by atoms with Crippen LogP contribution in [0.2, 0.25) is 0 Å². The summed E-state index contributed by atoms with van der Waals surface area (Å²) < 4.78 is 1.06. The Morgan fingerprint density at radius 2 is 1.82 bits per heavy atom. The van der Waals surface area contributed by atoms with Gasteiger partial charge in [0.25, 0.3) is 5.91 Å². The molecule has 2 aromatic rings. The van der Waals surface area contributed by atoms with E-state index in [1.165, 1.54) is 4.90 Å². The summed E-state index contributed by atoms with van der Waals surface area (Å²) in [6, 6.07) is 10.6. The molecule has 0 saturated carbocycles. The third-order valence-electron chi connectivity index (χ3n) is 3.53. The van der Waals surface area contributed by atoms with E-state index in [0.717, 1.165) is 9.13 Å². The van der Waals surface area contributed by atoms with Gasteiger partial charge < -0.3 is 5.32 Å². The molecule has 1 aromatic heterocycles. The van der Waals surface area contributed by atoms with Crippen LogP contribution in [0.5, 0.6) is 0 Å². The van der Waals surface area contributed by atoms with Crippen LogP contribution in [0.15, 0.2) is 48.8 Å². The van der Waals surface area contributed by atoms with E-state index in [1.807, 2.05) is 24.3 Å². The van der Waals surface area contributed by atoms with E-state index >= 15 is 0 Å². The minimum Gasteiger partial charge on any atom is -0.301 e. The lowest BCUT2D eigenvalue weighted by atomic mass is 10.2. The Labute approximate surface area is 141 Å². The highest BCUT2D eigenvalue weighted by Gasteiger charge is 2.39. The van der Waals surface area contributed by atoms with E-state index in [-0.39, 0.29) is 18.2 Å². The number of pyridine rings is 1. The highest BCUT2D eigenvalue weighted by atomic mass is 127. The van der Waals surface area contributed by atoms with Crippen LogP contribution in [0.4, 0.5) is 5.69 Å². The molecule has 0 bridgehead atoms. The number of halogens is 1. The molecule has 1 atom stereocenters. The van der Waals surface area contributed by atoms with Gasteiger partial charge in [-0.15, -0.1) is 0 Å². The summed E-state index contributed by atoms with van der Waals surface area (Å²) >= 11 is 2.19. The molecule has 1 saturated heterocycles. The van der Waals surface area contributed by atoms with E-state index in [9.17, 15) is 9.59 Å². The number of nitrogens with one attached hydrogen (secondary N) is 1. The minimum atomic E-state index is -0.472. The summed E-state index contributed by atoms with van der Waals surface area (Å²) in [6.45, 7) is 0.534. The van der Waals surface area contributed by atoms with Crippen LogP contribution < -0.4 is 10.2 Å². The average molecular weight is 407 g/mol. The summed E-state index contributed by atoms with van der Waals surface area (Å²) in [4.78, 5) is 29.8. The standard InChI is InChI=1S/C16H14IN3O2/c17-12-1-3-13(4-2-12)20-15(21)9-14(16(20)22)19-10-11-5-7-18-8-6-11/h1-8,14,19H,9-10H2/t14-/m1/s1. The maximum Gasteiger partial charge on any atom is 0.251 e. The lowest BCUT2D eigenvalue weighted by molar-refractivity contribution is -0.121. The van der Waals surface area contributed by atoms with Gasteiger partial charge in [-0.25, -0.2) is 4.90 Å². The summed E-state index contributed by atoms with van der Waals surface area (Å²) in [7, 11) is 0. The van der Waals surface area contributed by atoms with Crippen LogP contribution in [0.25, 0.3) is 0 Å². The van der Waals surface area contributed by atoms with Gasteiger partial charge in [-0.2, -0.15) is 0 Å². The van der Waals surface area contributed by atoms with Gasteiger partial charge in [-0.3, -0.25) is 14.6 Å². The lowest BCUT2D eigenvalue weighted by Gasteiger charge is -2.15. The third-order valence-corrected chi connectivity index (χ3v) is 4.25. The number of aromatic nitrogens is 1. The largest absolute Gasteiger partial charge is 0.301 e. The second-order valence-corrected chi connectivity index (χ2v) is 6.28. The molecule has 6 heteroatoms. The molecular weight excluding hydrogens is 393 g/mol. The maximum atomic E-state index is 12.5. The van der Waals surface area contributed by atoms with E-state index in [1.54, 1.807) is 24.5 Å². The highest BCUT2D eigenvalue weighted by molar-refractivity contribution is 14.1. The molecule has 0 spiro atoms. The predicted octanol–water partition coefficient (Wildman–Crippen LogP) is 2.11. The summed E-state index contributed by atoms with van der Waals surface area (Å²) in [5.41, 5.74) is 1.66. The molecule has 2 amide bonds. The van der Waals surface area contributed by atoms with Gasteiger partial charge in [0.05, 0.1) is 18.2 Å². The Balaban J connectivity index is 1.70. The van der Waals surface area contributed by atoms with Gasteiger partial charge in [0.1, 0.15) is 0 Å². The maximum absolute atomic E-state index is 12.5. The number of carbonyl (C=O) groups excluding carboxylic acids is 2. The molecule has 0 radical (unpaired) electrons. The zero-order chi connectivity index (χ0) is 15.5. The Morgan fingerprint density at radius 1 is 1.14 bits per heavy atom. The average Bonchev–Trinajstić information content (AvgIpc) is 2.82. The molecule has 3 rings (SSSR count). The SMILES string of the molecule is O=C1C[C@@H](NCc2ccncc2)C(=O)N1c1ccc(I)cc1. The van der Waals surface area contributed by atoms with Gasteiger partial charge in [-0.05, 0) is 64.6 Å². The van der Waals surface area contributed by atoms with Crippen LogP contribution in [0.3, 0.4) is 0 Å². The van der Waals surface area contributed by atoms with Crippen LogP contribution in [-0.2, 0) is 16.1 Å². The molecule has 112 valence electrons. The van der Waals surface area contributed by atoms with Crippen LogP contribution >= 0.6 is 22.6 Å². The number of anilines is 1. The number of nitrogens with zero attached hydrogens (tertiary/aromatic N) is 2. The number of rotatable bonds is 4. The molecule has 1 aliphatic rings. The molecule has 1 fully saturated rings. The summed E-state index contributed by atoms with van der Waals surface area (Å²) in [6.07, 6.45) is 3.60. The van der Waals surface area contributed by atoms with Gasteiger partial charge in [-0.1, -0.05) is 0 Å². The molecule has 1 aliphatic heterocycles. The first-order valence-corrected chi connectivity index (χ1v) is 7.97. The zero-order valence-corrected chi connectivity index (χ0v) is 13.9. The lowest BCUT2D eigenvalue weighted by Crippen LogP contribution is -2.38. The van der Waals surface area contributed by atoms with Gasteiger partial charge in [0.15, 0.2) is 0 Å². The van der Waals surface area contributed by atoms with Crippen LogP contribution in [0, 0.1) is 3.57 Å². The Bertz CT molecular complexity index is 688. The van der Waals surface area contributed by atoms with Crippen molar-refractivity contribution in [3.8, 4) is 0 Å². The van der Waals surface area contributed by atoms with E-state index in [4.69, 9.17) is 0 Å². The van der Waals surface area contributed by atoms with Crippen LogP contribution in [0.1, 0.15) is 12.0 Å². The molecule has 5 nitrogen and oxygen atoms in total. The van der Waals surface area contributed by atoms with Crippen molar-refractivity contribution in [3.63, 3.8) is 0 Å². The van der Waals surface area contributed by atoms with Crippen molar-refractivity contribution in [2.75, 3.05) is 4.90 Å². The number of benzene rings is 1. The smallest absolute Gasteiger partial charge is 0.251 e. The first-order chi connectivity index (χ1) is 10.6. The predicted molar refractivity (Wildman–Crippen MR) is 91.1 cm³/mol. The molecule has 2 heterocycles. The van der Waals surface area contributed by atoms with Crippen molar-refractivity contribution in [1.29, 1.82) is 0 Å². The molecule has 0 unspecified atom stereocenters. The van der Waals surface area contributed by atoms with Crippen molar-refractivity contribution in [3.05, 3.63) is 57.9 Å². The quantitative estimate of drug-likeness (QED) is 0.623. The molecular formula is C16H14IN3O2. The van der Waals surface area contributed by atoms with Crippen molar-refractivity contribution in [2.24, 2.45) is 0 Å². The topological polar surface area (TPSA) is 62.3 Å². The molecule has 22 heavy (non-hydrogen) atoms. The van der Waals surface area contributed by atoms with Crippen LogP contribution in [-0.4, -0.2) is 22.8 Å². The van der Waals surface area contributed by atoms with E-state index in [0.29, 0.717) is 12.2 Å². The monoisotopic (exact) mass is 407 g/mol. The van der Waals surface area contributed by atoms with Crippen molar-refractivity contribution >= 4 is 40.1 Å². The molecule has 1 N–H and O–H groups in total. The number of amides is 2. The fourth-order valence-corrected chi connectivity index (χ4v) is 2.75. The molecule has 1 aromatic carbocycles. The normalized spacial score (nSPS) is 18.0. The Hall–Kier alpha value is -1.80. The second-order valence-electron chi connectivity index (χ2n) is 5.04. The summed E-state index contributed by atoms with van der Waals surface area (Å²) in [5, 5.41) is 3.15. The first kappa shape index (κ1) is 15.1. The fourth-order valence-electron chi connectivity index (χ4n) is 2.39. The van der Waals surface area contributed by atoms with Crippen molar-refractivity contribution < 1.29 is 9.59 Å². The minimum absolute atomic E-state index is 0.168. The van der Waals surface area contributed by atoms with E-state index in [2.05, 4.69) is 32.9 Å². The third kappa shape index (κ3) is 3.17. The number of carbonyl (C=O) groups is 2. The number of imide groups is 1.